The van der Waals surface area contributed by atoms with E-state index >= 15 is 0 Å². The monoisotopic (exact) mass is 289 g/mol. The van der Waals surface area contributed by atoms with E-state index in [2.05, 4.69) is 21.9 Å². The molecule has 0 heterocycles. The number of amides is 1. The van der Waals surface area contributed by atoms with Crippen molar-refractivity contribution in [2.75, 3.05) is 7.11 Å². The molecule has 1 aromatic carbocycles. The molecule has 0 aliphatic carbocycles. The van der Waals surface area contributed by atoms with Crippen LogP contribution in [0.3, 0.4) is 0 Å². The van der Waals surface area contributed by atoms with Crippen LogP contribution in [-0.4, -0.2) is 35.7 Å². The molecule has 1 rings (SSSR count). The SMILES string of the molecule is COC(=O)[C@H](C)NC(=O)c1cccc(C#CC(C)(C)O)c1. The summed E-state index contributed by atoms with van der Waals surface area (Å²) >= 11 is 0. The van der Waals surface area contributed by atoms with E-state index in [1.165, 1.54) is 7.11 Å². The van der Waals surface area contributed by atoms with E-state index in [9.17, 15) is 14.7 Å². The maximum Gasteiger partial charge on any atom is 0.328 e. The first kappa shape index (κ1) is 16.7. The summed E-state index contributed by atoms with van der Waals surface area (Å²) in [6, 6.07) is 5.91. The van der Waals surface area contributed by atoms with Crippen LogP contribution in [0.15, 0.2) is 24.3 Å². The summed E-state index contributed by atoms with van der Waals surface area (Å²) in [6.07, 6.45) is 0. The van der Waals surface area contributed by atoms with E-state index in [1.807, 2.05) is 0 Å². The van der Waals surface area contributed by atoms with Gasteiger partial charge in [0.15, 0.2) is 0 Å². The molecule has 1 amide bonds. The molecule has 0 saturated heterocycles. The highest BCUT2D eigenvalue weighted by atomic mass is 16.5. The lowest BCUT2D eigenvalue weighted by atomic mass is 10.1. The third-order valence-corrected chi connectivity index (χ3v) is 2.54. The topological polar surface area (TPSA) is 75.6 Å². The minimum absolute atomic E-state index is 0.383. The van der Waals surface area contributed by atoms with Gasteiger partial charge < -0.3 is 15.2 Å². The molecule has 5 heteroatoms. The zero-order valence-corrected chi connectivity index (χ0v) is 12.6. The van der Waals surface area contributed by atoms with Gasteiger partial charge in [-0.1, -0.05) is 17.9 Å². The first-order valence-electron chi connectivity index (χ1n) is 6.47. The molecule has 0 aliphatic heterocycles. The average Bonchev–Trinajstić information content (AvgIpc) is 2.43. The second kappa shape index (κ2) is 6.91. The van der Waals surface area contributed by atoms with Gasteiger partial charge in [-0.3, -0.25) is 4.79 Å². The fraction of sp³-hybridized carbons (Fsp3) is 0.375. The van der Waals surface area contributed by atoms with Crippen molar-refractivity contribution in [1.82, 2.24) is 5.32 Å². The lowest BCUT2D eigenvalue weighted by Gasteiger charge is -2.11. The predicted octanol–water partition coefficient (Wildman–Crippen LogP) is 1.10. The Balaban J connectivity index is 2.87. The lowest BCUT2D eigenvalue weighted by Crippen LogP contribution is -2.39. The van der Waals surface area contributed by atoms with Gasteiger partial charge in [-0.2, -0.15) is 0 Å². The van der Waals surface area contributed by atoms with Gasteiger partial charge >= 0.3 is 5.97 Å². The third-order valence-electron chi connectivity index (χ3n) is 2.54. The standard InChI is InChI=1S/C16H19NO4/c1-11(15(19)21-4)17-14(18)13-7-5-6-12(10-13)8-9-16(2,3)20/h5-7,10-11,20H,1-4H3,(H,17,18)/t11-/m0/s1. The quantitative estimate of drug-likeness (QED) is 0.645. The van der Waals surface area contributed by atoms with Gasteiger partial charge in [-0.15, -0.1) is 0 Å². The number of rotatable bonds is 3. The predicted molar refractivity (Wildman–Crippen MR) is 78.6 cm³/mol. The molecule has 1 aromatic rings. The summed E-state index contributed by atoms with van der Waals surface area (Å²) in [5.41, 5.74) is -0.110. The summed E-state index contributed by atoms with van der Waals surface area (Å²) in [4.78, 5) is 23.3. The highest BCUT2D eigenvalue weighted by Gasteiger charge is 2.16. The van der Waals surface area contributed by atoms with E-state index < -0.39 is 17.6 Å². The second-order valence-corrected chi connectivity index (χ2v) is 5.11. The molecule has 0 radical (unpaired) electrons. The van der Waals surface area contributed by atoms with Crippen LogP contribution in [0.2, 0.25) is 0 Å². The van der Waals surface area contributed by atoms with E-state index in [0.717, 1.165) is 0 Å². The smallest absolute Gasteiger partial charge is 0.328 e. The summed E-state index contributed by atoms with van der Waals surface area (Å²) in [6.45, 7) is 4.70. The number of aliphatic hydroxyl groups is 1. The van der Waals surface area contributed by atoms with Crippen molar-refractivity contribution in [3.63, 3.8) is 0 Å². The minimum Gasteiger partial charge on any atom is -0.467 e. The van der Waals surface area contributed by atoms with Gasteiger partial charge in [0, 0.05) is 11.1 Å². The van der Waals surface area contributed by atoms with Crippen LogP contribution < -0.4 is 5.32 Å². The van der Waals surface area contributed by atoms with Crippen molar-refractivity contribution in [3.05, 3.63) is 35.4 Å². The molecule has 0 spiro atoms. The Bertz CT molecular complexity index is 590. The highest BCUT2D eigenvalue weighted by molar-refractivity contribution is 5.96. The van der Waals surface area contributed by atoms with E-state index in [0.29, 0.717) is 11.1 Å². The van der Waals surface area contributed by atoms with E-state index in [4.69, 9.17) is 0 Å². The minimum atomic E-state index is -1.10. The van der Waals surface area contributed by atoms with Gasteiger partial charge in [-0.25, -0.2) is 4.79 Å². The number of methoxy groups -OCH3 is 1. The number of benzene rings is 1. The molecular formula is C16H19NO4. The molecule has 0 unspecified atom stereocenters. The maximum atomic E-state index is 12.0. The summed E-state index contributed by atoms with van der Waals surface area (Å²) in [7, 11) is 1.26. The molecule has 0 aromatic heterocycles. The van der Waals surface area contributed by atoms with Gasteiger partial charge in [0.1, 0.15) is 11.6 Å². The summed E-state index contributed by atoms with van der Waals surface area (Å²) in [5.74, 6) is 4.57. The number of carbonyl (C=O) groups excluding carboxylic acids is 2. The van der Waals surface area contributed by atoms with Crippen LogP contribution in [0.25, 0.3) is 0 Å². The summed E-state index contributed by atoms with van der Waals surface area (Å²) < 4.78 is 4.54. The van der Waals surface area contributed by atoms with Gasteiger partial charge in [0.05, 0.1) is 7.11 Å². The molecule has 21 heavy (non-hydrogen) atoms. The van der Waals surface area contributed by atoms with Crippen LogP contribution in [0.4, 0.5) is 0 Å². The maximum absolute atomic E-state index is 12.0. The Labute approximate surface area is 124 Å². The van der Waals surface area contributed by atoms with Crippen molar-refractivity contribution >= 4 is 11.9 Å². The fourth-order valence-corrected chi connectivity index (χ4v) is 1.48. The summed E-state index contributed by atoms with van der Waals surface area (Å²) in [5, 5.41) is 12.1. The zero-order chi connectivity index (χ0) is 16.0. The third kappa shape index (κ3) is 5.67. The Kier molecular flexibility index (Phi) is 5.51. The van der Waals surface area contributed by atoms with Crippen LogP contribution in [0, 0.1) is 11.8 Å². The Morgan fingerprint density at radius 1 is 1.38 bits per heavy atom. The first-order valence-corrected chi connectivity index (χ1v) is 6.47. The molecular weight excluding hydrogens is 270 g/mol. The van der Waals surface area contributed by atoms with Crippen molar-refractivity contribution in [2.24, 2.45) is 0 Å². The number of hydrogen-bond donors (Lipinski definition) is 2. The van der Waals surface area contributed by atoms with Crippen LogP contribution in [-0.2, 0) is 9.53 Å². The Morgan fingerprint density at radius 3 is 2.62 bits per heavy atom. The van der Waals surface area contributed by atoms with Crippen molar-refractivity contribution in [3.8, 4) is 11.8 Å². The number of hydrogen-bond acceptors (Lipinski definition) is 4. The van der Waals surface area contributed by atoms with Crippen LogP contribution in [0.5, 0.6) is 0 Å². The van der Waals surface area contributed by atoms with Crippen molar-refractivity contribution in [2.45, 2.75) is 32.4 Å². The molecule has 5 nitrogen and oxygen atoms in total. The number of carbonyl (C=O) groups is 2. The average molecular weight is 289 g/mol. The van der Waals surface area contributed by atoms with Gasteiger partial charge in [0.25, 0.3) is 5.91 Å². The molecule has 0 saturated carbocycles. The molecule has 2 N–H and O–H groups in total. The van der Waals surface area contributed by atoms with Crippen molar-refractivity contribution in [1.29, 1.82) is 0 Å². The zero-order valence-electron chi connectivity index (χ0n) is 12.6. The lowest BCUT2D eigenvalue weighted by molar-refractivity contribution is -0.142. The van der Waals surface area contributed by atoms with Gasteiger partial charge in [-0.05, 0) is 39.0 Å². The largest absolute Gasteiger partial charge is 0.467 e. The number of esters is 1. The van der Waals surface area contributed by atoms with Crippen molar-refractivity contribution < 1.29 is 19.4 Å². The molecule has 0 aliphatic rings. The molecule has 112 valence electrons. The number of ether oxygens (including phenoxy) is 1. The van der Waals surface area contributed by atoms with Crippen LogP contribution >= 0.6 is 0 Å². The Hall–Kier alpha value is -2.32. The fourth-order valence-electron chi connectivity index (χ4n) is 1.48. The molecule has 0 fully saturated rings. The Morgan fingerprint density at radius 2 is 2.05 bits per heavy atom. The van der Waals surface area contributed by atoms with Crippen LogP contribution in [0.1, 0.15) is 36.7 Å². The number of nitrogens with one attached hydrogen (secondary N) is 1. The van der Waals surface area contributed by atoms with E-state index in [1.54, 1.807) is 45.0 Å². The molecule has 0 bridgehead atoms. The molecule has 1 atom stereocenters. The highest BCUT2D eigenvalue weighted by Crippen LogP contribution is 2.06. The van der Waals surface area contributed by atoms with Gasteiger partial charge in [0.2, 0.25) is 0 Å². The first-order chi connectivity index (χ1) is 9.73. The van der Waals surface area contributed by atoms with E-state index in [-0.39, 0.29) is 5.91 Å². The second-order valence-electron chi connectivity index (χ2n) is 5.11. The normalized spacial score (nSPS) is 11.9.